The van der Waals surface area contributed by atoms with Crippen LogP contribution in [0.4, 0.5) is 5.69 Å². The van der Waals surface area contributed by atoms with Gasteiger partial charge in [-0.15, -0.1) is 0 Å². The van der Waals surface area contributed by atoms with Crippen molar-refractivity contribution in [2.45, 2.75) is 13.8 Å². The van der Waals surface area contributed by atoms with Gasteiger partial charge in [-0.25, -0.2) is 9.78 Å². The molecule has 1 aromatic rings. The van der Waals surface area contributed by atoms with E-state index in [2.05, 4.69) is 4.98 Å². The van der Waals surface area contributed by atoms with Gasteiger partial charge >= 0.3 is 11.7 Å². The largest absolute Gasteiger partial charge is 0.471 e. The molecule has 0 aliphatic carbocycles. The highest BCUT2D eigenvalue weighted by Gasteiger charge is 2.21. The van der Waals surface area contributed by atoms with Crippen LogP contribution in [0.15, 0.2) is 12.3 Å². The summed E-state index contributed by atoms with van der Waals surface area (Å²) in [5.41, 5.74) is -0.315. The molecule has 0 radical (unpaired) electrons. The molecule has 8 nitrogen and oxygen atoms in total. The summed E-state index contributed by atoms with van der Waals surface area (Å²) >= 11 is 0. The highest BCUT2D eigenvalue weighted by Crippen LogP contribution is 2.25. The predicted octanol–water partition coefficient (Wildman–Crippen LogP) is 1.74. The number of likely N-dealkylation sites (N-methyl/N-ethyl adjacent to an activating group) is 1. The molecule has 0 atom stereocenters. The van der Waals surface area contributed by atoms with Crippen molar-refractivity contribution in [2.24, 2.45) is 5.92 Å². The first-order chi connectivity index (χ1) is 10.3. The predicted molar refractivity (Wildman–Crippen MR) is 80.1 cm³/mol. The van der Waals surface area contributed by atoms with E-state index in [-0.39, 0.29) is 36.3 Å². The van der Waals surface area contributed by atoms with Crippen molar-refractivity contribution in [3.63, 3.8) is 0 Å². The summed E-state index contributed by atoms with van der Waals surface area (Å²) in [5, 5.41) is 11.1. The van der Waals surface area contributed by atoms with E-state index in [1.54, 1.807) is 0 Å². The van der Waals surface area contributed by atoms with Crippen LogP contribution in [0.1, 0.15) is 24.2 Å². The SMILES string of the molecule is CC(C)COC(=O)c1cnc(OCCN(C)C)c([N+](=O)[O-])c1. The molecule has 0 N–H and O–H groups in total. The minimum absolute atomic E-state index is 0.0345. The maximum Gasteiger partial charge on any atom is 0.339 e. The Morgan fingerprint density at radius 2 is 2.14 bits per heavy atom. The van der Waals surface area contributed by atoms with Gasteiger partial charge in [-0.2, -0.15) is 0 Å². The number of aromatic nitrogens is 1. The summed E-state index contributed by atoms with van der Waals surface area (Å²) in [6.45, 7) is 4.90. The number of pyridine rings is 1. The number of carbonyl (C=O) groups is 1. The van der Waals surface area contributed by atoms with Crippen molar-refractivity contribution in [1.29, 1.82) is 0 Å². The minimum Gasteiger partial charge on any atom is -0.471 e. The van der Waals surface area contributed by atoms with Gasteiger partial charge in [-0.1, -0.05) is 13.8 Å². The minimum atomic E-state index is -0.635. The van der Waals surface area contributed by atoms with Crippen LogP contribution in [0.5, 0.6) is 5.88 Å². The van der Waals surface area contributed by atoms with Crippen molar-refractivity contribution < 1.29 is 19.2 Å². The number of esters is 1. The monoisotopic (exact) mass is 311 g/mol. The van der Waals surface area contributed by atoms with Gasteiger partial charge in [-0.05, 0) is 20.0 Å². The molecule has 22 heavy (non-hydrogen) atoms. The second-order valence-electron chi connectivity index (χ2n) is 5.45. The zero-order valence-electron chi connectivity index (χ0n) is 13.2. The Kier molecular flexibility index (Phi) is 6.71. The molecule has 0 saturated heterocycles. The standard InChI is InChI=1S/C14H21N3O5/c1-10(2)9-22-14(18)11-7-12(17(19)20)13(15-8-11)21-6-5-16(3)4/h7-8,10H,5-6,9H2,1-4H3. The molecule has 0 saturated carbocycles. The zero-order valence-corrected chi connectivity index (χ0v) is 13.2. The summed E-state index contributed by atoms with van der Waals surface area (Å²) in [4.78, 5) is 28.0. The molecule has 1 aromatic heterocycles. The van der Waals surface area contributed by atoms with E-state index in [0.717, 1.165) is 6.07 Å². The van der Waals surface area contributed by atoms with E-state index in [1.807, 2.05) is 32.8 Å². The summed E-state index contributed by atoms with van der Waals surface area (Å²) in [6.07, 6.45) is 1.22. The number of hydrogen-bond acceptors (Lipinski definition) is 7. The van der Waals surface area contributed by atoms with E-state index < -0.39 is 10.9 Å². The van der Waals surface area contributed by atoms with Gasteiger partial charge in [0, 0.05) is 18.8 Å². The lowest BCUT2D eigenvalue weighted by Crippen LogP contribution is -2.20. The van der Waals surface area contributed by atoms with Crippen molar-refractivity contribution in [1.82, 2.24) is 9.88 Å². The van der Waals surface area contributed by atoms with E-state index in [9.17, 15) is 14.9 Å². The van der Waals surface area contributed by atoms with Crippen molar-refractivity contribution >= 4 is 11.7 Å². The number of carbonyl (C=O) groups excluding carboxylic acids is 1. The van der Waals surface area contributed by atoms with Gasteiger partial charge in [0.25, 0.3) is 5.88 Å². The number of ether oxygens (including phenoxy) is 2. The summed E-state index contributed by atoms with van der Waals surface area (Å²) < 4.78 is 10.3. The Hall–Kier alpha value is -2.22. The van der Waals surface area contributed by atoms with Gasteiger partial charge < -0.3 is 14.4 Å². The zero-order chi connectivity index (χ0) is 16.7. The average Bonchev–Trinajstić information content (AvgIpc) is 2.44. The maximum atomic E-state index is 11.8. The van der Waals surface area contributed by atoms with Crippen LogP contribution in [0, 0.1) is 16.0 Å². The van der Waals surface area contributed by atoms with Crippen LogP contribution >= 0.6 is 0 Å². The number of rotatable bonds is 8. The normalized spacial score (nSPS) is 10.8. The molecule has 0 amide bonds. The van der Waals surface area contributed by atoms with Crippen LogP contribution in [0.2, 0.25) is 0 Å². The van der Waals surface area contributed by atoms with Crippen LogP contribution < -0.4 is 4.74 Å². The molecule has 0 fully saturated rings. The van der Waals surface area contributed by atoms with Gasteiger partial charge in [0.15, 0.2) is 0 Å². The third-order valence-corrected chi connectivity index (χ3v) is 2.59. The number of nitro groups is 1. The van der Waals surface area contributed by atoms with Gasteiger partial charge in [0.2, 0.25) is 0 Å². The average molecular weight is 311 g/mol. The fourth-order valence-corrected chi connectivity index (χ4v) is 1.44. The highest BCUT2D eigenvalue weighted by molar-refractivity contribution is 5.90. The Morgan fingerprint density at radius 1 is 1.45 bits per heavy atom. The lowest BCUT2D eigenvalue weighted by molar-refractivity contribution is -0.386. The fourth-order valence-electron chi connectivity index (χ4n) is 1.44. The number of hydrogen-bond donors (Lipinski definition) is 0. The van der Waals surface area contributed by atoms with Gasteiger partial charge in [0.05, 0.1) is 17.1 Å². The van der Waals surface area contributed by atoms with Crippen LogP contribution in [0.25, 0.3) is 0 Å². The Bertz CT molecular complexity index is 531. The lowest BCUT2D eigenvalue weighted by Gasteiger charge is -2.11. The van der Waals surface area contributed by atoms with Crippen molar-refractivity contribution in [3.8, 4) is 5.88 Å². The van der Waals surface area contributed by atoms with Crippen molar-refractivity contribution in [3.05, 3.63) is 27.9 Å². The molecule has 8 heteroatoms. The van der Waals surface area contributed by atoms with Crippen molar-refractivity contribution in [2.75, 3.05) is 33.9 Å². The van der Waals surface area contributed by atoms with Crippen LogP contribution in [0.3, 0.4) is 0 Å². The summed E-state index contributed by atoms with van der Waals surface area (Å²) in [6, 6.07) is 1.13. The molecule has 0 spiro atoms. The molecule has 1 heterocycles. The molecular weight excluding hydrogens is 290 g/mol. The molecule has 0 aliphatic rings. The lowest BCUT2D eigenvalue weighted by atomic mass is 10.2. The summed E-state index contributed by atoms with van der Waals surface area (Å²) in [5.74, 6) is -0.558. The summed E-state index contributed by atoms with van der Waals surface area (Å²) in [7, 11) is 3.72. The van der Waals surface area contributed by atoms with Crippen LogP contribution in [-0.2, 0) is 4.74 Å². The molecule has 0 aliphatic heterocycles. The maximum absolute atomic E-state index is 11.8. The smallest absolute Gasteiger partial charge is 0.339 e. The topological polar surface area (TPSA) is 94.8 Å². The molecule has 1 rings (SSSR count). The second kappa shape index (κ2) is 8.28. The first-order valence-corrected chi connectivity index (χ1v) is 6.90. The molecule has 0 aromatic carbocycles. The van der Waals surface area contributed by atoms with Gasteiger partial charge in [-0.3, -0.25) is 10.1 Å². The van der Waals surface area contributed by atoms with E-state index in [1.165, 1.54) is 6.20 Å². The molecule has 0 bridgehead atoms. The van der Waals surface area contributed by atoms with Gasteiger partial charge in [0.1, 0.15) is 6.61 Å². The van der Waals surface area contributed by atoms with Crippen LogP contribution in [-0.4, -0.2) is 54.6 Å². The van der Waals surface area contributed by atoms with E-state index in [0.29, 0.717) is 6.54 Å². The van der Waals surface area contributed by atoms with E-state index >= 15 is 0 Å². The third kappa shape index (κ3) is 5.65. The highest BCUT2D eigenvalue weighted by atomic mass is 16.6. The molecule has 122 valence electrons. The quantitative estimate of drug-likeness (QED) is 0.410. The first-order valence-electron chi connectivity index (χ1n) is 6.90. The Morgan fingerprint density at radius 3 is 2.68 bits per heavy atom. The molecule has 0 unspecified atom stereocenters. The fraction of sp³-hybridized carbons (Fsp3) is 0.571. The van der Waals surface area contributed by atoms with E-state index in [4.69, 9.17) is 9.47 Å². The first kappa shape index (κ1) is 17.8. The second-order valence-corrected chi connectivity index (χ2v) is 5.45. The third-order valence-electron chi connectivity index (χ3n) is 2.59. The Balaban J connectivity index is 2.85. The number of nitrogens with zero attached hydrogens (tertiary/aromatic N) is 3. The Labute approximate surface area is 129 Å². The molecular formula is C14H21N3O5.